The molecule has 0 bridgehead atoms. The van der Waals surface area contributed by atoms with Gasteiger partial charge in [-0.05, 0) is 24.1 Å². The molecule has 0 amide bonds. The average molecular weight is 175 g/mol. The maximum Gasteiger partial charge on any atom is 0.123 e. The lowest BCUT2D eigenvalue weighted by Gasteiger charge is -1.91. The van der Waals surface area contributed by atoms with Gasteiger partial charge in [0.15, 0.2) is 0 Å². The number of hydrogen-bond acceptors (Lipinski definition) is 1. The molecule has 2 heteroatoms. The molecule has 0 aliphatic heterocycles. The van der Waals surface area contributed by atoms with E-state index in [0.29, 0.717) is 6.42 Å². The molecule has 66 valence electrons. The molecule has 0 spiro atoms. The topological polar surface area (TPSA) is 23.8 Å². The summed E-state index contributed by atoms with van der Waals surface area (Å²) in [4.78, 5) is 0. The Kier molecular flexibility index (Phi) is 3.72. The first-order valence-corrected chi connectivity index (χ1v) is 4.12. The van der Waals surface area contributed by atoms with Crippen molar-refractivity contribution in [1.82, 2.24) is 0 Å². The second-order valence-corrected chi connectivity index (χ2v) is 2.65. The number of nitrogens with zero attached hydrogens (tertiary/aromatic N) is 1. The molecular weight excluding hydrogens is 165 g/mol. The van der Waals surface area contributed by atoms with Gasteiger partial charge in [0.2, 0.25) is 0 Å². The summed E-state index contributed by atoms with van der Waals surface area (Å²) in [5, 5.41) is 8.27. The number of benzene rings is 1. The van der Waals surface area contributed by atoms with E-state index in [1.807, 2.05) is 12.2 Å². The Bertz CT molecular complexity index is 319. The number of hydrogen-bond donors (Lipinski definition) is 0. The van der Waals surface area contributed by atoms with Crippen LogP contribution in [0, 0.1) is 17.1 Å². The molecule has 0 N–H and O–H groups in total. The van der Waals surface area contributed by atoms with E-state index in [4.69, 9.17) is 5.26 Å². The molecule has 1 aromatic carbocycles. The van der Waals surface area contributed by atoms with Gasteiger partial charge in [-0.2, -0.15) is 5.26 Å². The maximum atomic E-state index is 12.5. The molecule has 1 nitrogen and oxygen atoms in total. The molecule has 0 unspecified atom stereocenters. The number of nitriles is 1. The number of halogens is 1. The van der Waals surface area contributed by atoms with Crippen LogP contribution in [0.4, 0.5) is 4.39 Å². The van der Waals surface area contributed by atoms with Crippen molar-refractivity contribution in [3.8, 4) is 6.07 Å². The van der Waals surface area contributed by atoms with Crippen LogP contribution in [0.2, 0.25) is 0 Å². The zero-order valence-electron chi connectivity index (χ0n) is 7.20. The van der Waals surface area contributed by atoms with E-state index in [1.54, 1.807) is 12.1 Å². The van der Waals surface area contributed by atoms with Crippen LogP contribution in [0.3, 0.4) is 0 Å². The summed E-state index contributed by atoms with van der Waals surface area (Å²) >= 11 is 0. The first-order valence-electron chi connectivity index (χ1n) is 4.12. The first-order chi connectivity index (χ1) is 6.33. The third-order valence-electron chi connectivity index (χ3n) is 1.60. The summed E-state index contributed by atoms with van der Waals surface area (Å²) < 4.78 is 12.5. The van der Waals surface area contributed by atoms with E-state index in [0.717, 1.165) is 12.0 Å². The zero-order chi connectivity index (χ0) is 9.52. The molecular formula is C11H10FN. The minimum Gasteiger partial charge on any atom is -0.207 e. The Morgan fingerprint density at radius 1 is 1.31 bits per heavy atom. The van der Waals surface area contributed by atoms with Crippen molar-refractivity contribution in [2.45, 2.75) is 12.8 Å². The zero-order valence-corrected chi connectivity index (χ0v) is 7.20. The van der Waals surface area contributed by atoms with Crippen molar-refractivity contribution in [3.63, 3.8) is 0 Å². The second kappa shape index (κ2) is 5.10. The molecule has 0 heterocycles. The summed E-state index contributed by atoms with van der Waals surface area (Å²) in [5.74, 6) is -0.228. The minimum absolute atomic E-state index is 0.228. The van der Waals surface area contributed by atoms with Gasteiger partial charge in [0.1, 0.15) is 5.82 Å². The van der Waals surface area contributed by atoms with Gasteiger partial charge in [0.25, 0.3) is 0 Å². The summed E-state index contributed by atoms with van der Waals surface area (Å²) in [6.07, 6.45) is 5.07. The van der Waals surface area contributed by atoms with Gasteiger partial charge >= 0.3 is 0 Å². The lowest BCUT2D eigenvalue weighted by atomic mass is 10.2. The third-order valence-corrected chi connectivity index (χ3v) is 1.60. The van der Waals surface area contributed by atoms with Crippen molar-refractivity contribution in [2.24, 2.45) is 0 Å². The van der Waals surface area contributed by atoms with Crippen LogP contribution in [0.1, 0.15) is 18.4 Å². The van der Waals surface area contributed by atoms with Crippen LogP contribution < -0.4 is 0 Å². The maximum absolute atomic E-state index is 12.5. The predicted octanol–water partition coefficient (Wildman–Crippen LogP) is 3.14. The fourth-order valence-corrected chi connectivity index (χ4v) is 0.941. The van der Waals surface area contributed by atoms with E-state index < -0.39 is 0 Å². The van der Waals surface area contributed by atoms with Gasteiger partial charge in [-0.15, -0.1) is 0 Å². The lowest BCUT2D eigenvalue weighted by molar-refractivity contribution is 0.628. The Hall–Kier alpha value is -1.62. The van der Waals surface area contributed by atoms with Crippen LogP contribution in [0.5, 0.6) is 0 Å². The molecule has 1 rings (SSSR count). The molecule has 0 saturated carbocycles. The van der Waals surface area contributed by atoms with Crippen LogP contribution in [-0.4, -0.2) is 0 Å². The van der Waals surface area contributed by atoms with Gasteiger partial charge in [-0.3, -0.25) is 0 Å². The lowest BCUT2D eigenvalue weighted by Crippen LogP contribution is -1.74. The summed E-state index contributed by atoms with van der Waals surface area (Å²) in [7, 11) is 0. The number of allylic oxidation sites excluding steroid dienone is 1. The van der Waals surface area contributed by atoms with E-state index >= 15 is 0 Å². The molecule has 0 aliphatic carbocycles. The second-order valence-electron chi connectivity index (χ2n) is 2.65. The SMILES string of the molecule is N#CCC/C=C/c1ccc(F)cc1. The van der Waals surface area contributed by atoms with Crippen molar-refractivity contribution in [3.05, 3.63) is 41.7 Å². The number of rotatable bonds is 3. The van der Waals surface area contributed by atoms with Crippen molar-refractivity contribution >= 4 is 6.08 Å². The molecule has 0 radical (unpaired) electrons. The van der Waals surface area contributed by atoms with Crippen molar-refractivity contribution in [2.75, 3.05) is 0 Å². The Morgan fingerprint density at radius 2 is 2.00 bits per heavy atom. The molecule has 0 aromatic heterocycles. The Labute approximate surface area is 77.1 Å². The van der Waals surface area contributed by atoms with Gasteiger partial charge in [-0.1, -0.05) is 24.3 Å². The average Bonchev–Trinajstić information content (AvgIpc) is 2.15. The van der Waals surface area contributed by atoms with Gasteiger partial charge in [0, 0.05) is 6.42 Å². The fraction of sp³-hybridized carbons (Fsp3) is 0.182. The molecule has 13 heavy (non-hydrogen) atoms. The summed E-state index contributed by atoms with van der Waals surface area (Å²) in [6, 6.07) is 8.31. The third kappa shape index (κ3) is 3.53. The summed E-state index contributed by atoms with van der Waals surface area (Å²) in [5.41, 5.74) is 0.958. The molecule has 1 aromatic rings. The highest BCUT2D eigenvalue weighted by Gasteiger charge is 1.87. The minimum atomic E-state index is -0.228. The van der Waals surface area contributed by atoms with Crippen LogP contribution >= 0.6 is 0 Å². The monoisotopic (exact) mass is 175 g/mol. The van der Waals surface area contributed by atoms with Crippen LogP contribution in [-0.2, 0) is 0 Å². The van der Waals surface area contributed by atoms with E-state index in [-0.39, 0.29) is 5.82 Å². The molecule has 0 saturated heterocycles. The summed E-state index contributed by atoms with van der Waals surface area (Å²) in [6.45, 7) is 0. The van der Waals surface area contributed by atoms with Gasteiger partial charge in [-0.25, -0.2) is 4.39 Å². The van der Waals surface area contributed by atoms with E-state index in [1.165, 1.54) is 12.1 Å². The van der Waals surface area contributed by atoms with Crippen LogP contribution in [0.25, 0.3) is 6.08 Å². The van der Waals surface area contributed by atoms with Crippen molar-refractivity contribution < 1.29 is 4.39 Å². The standard InChI is InChI=1S/C11H10FN/c12-11-7-5-10(6-8-11)4-2-1-3-9-13/h2,4-8H,1,3H2/b4-2+. The Morgan fingerprint density at radius 3 is 2.62 bits per heavy atom. The molecule has 0 atom stereocenters. The predicted molar refractivity (Wildman–Crippen MR) is 50.3 cm³/mol. The fourth-order valence-electron chi connectivity index (χ4n) is 0.941. The smallest absolute Gasteiger partial charge is 0.123 e. The highest BCUT2D eigenvalue weighted by Crippen LogP contribution is 2.05. The number of unbranched alkanes of at least 4 members (excludes halogenated alkanes) is 1. The van der Waals surface area contributed by atoms with E-state index in [2.05, 4.69) is 6.07 Å². The molecule has 0 aliphatic rings. The largest absolute Gasteiger partial charge is 0.207 e. The Balaban J connectivity index is 2.50. The molecule has 0 fully saturated rings. The highest BCUT2D eigenvalue weighted by atomic mass is 19.1. The highest BCUT2D eigenvalue weighted by molar-refractivity contribution is 5.48. The normalized spacial score (nSPS) is 10.2. The quantitative estimate of drug-likeness (QED) is 0.647. The van der Waals surface area contributed by atoms with E-state index in [9.17, 15) is 4.39 Å². The van der Waals surface area contributed by atoms with Gasteiger partial charge in [0.05, 0.1) is 6.07 Å². The van der Waals surface area contributed by atoms with Crippen LogP contribution in [0.15, 0.2) is 30.3 Å². The van der Waals surface area contributed by atoms with Crippen molar-refractivity contribution in [1.29, 1.82) is 5.26 Å². The first kappa shape index (κ1) is 9.47. The van der Waals surface area contributed by atoms with Gasteiger partial charge < -0.3 is 0 Å².